The van der Waals surface area contributed by atoms with E-state index in [0.29, 0.717) is 5.82 Å². The second kappa shape index (κ2) is 3.36. The summed E-state index contributed by atoms with van der Waals surface area (Å²) >= 11 is 0. The van der Waals surface area contributed by atoms with E-state index in [-0.39, 0.29) is 17.5 Å². The van der Waals surface area contributed by atoms with Crippen molar-refractivity contribution in [2.24, 2.45) is 0 Å². The van der Waals surface area contributed by atoms with Crippen molar-refractivity contribution in [2.75, 3.05) is 12.8 Å². The highest BCUT2D eigenvalue weighted by atomic mass is 16.5. The summed E-state index contributed by atoms with van der Waals surface area (Å²) < 4.78 is 4.96. The number of nitrogens with one attached hydrogen (secondary N) is 1. The number of hydrogen-bond donors (Lipinski definition) is 2. The van der Waals surface area contributed by atoms with Crippen LogP contribution in [-0.4, -0.2) is 17.1 Å². The molecule has 5 nitrogen and oxygen atoms in total. The second-order valence-corrected chi connectivity index (χ2v) is 2.43. The van der Waals surface area contributed by atoms with Crippen molar-refractivity contribution in [1.29, 1.82) is 0 Å². The third kappa shape index (κ3) is 1.82. The van der Waals surface area contributed by atoms with Crippen LogP contribution in [0.2, 0.25) is 0 Å². The summed E-state index contributed by atoms with van der Waals surface area (Å²) in [6, 6.07) is 1.23. The largest absolute Gasteiger partial charge is 0.383 e. The predicted molar refractivity (Wildman–Crippen MR) is 44.7 cm³/mol. The first kappa shape index (κ1) is 8.73. The van der Waals surface area contributed by atoms with E-state index in [1.54, 1.807) is 6.92 Å². The molecule has 3 N–H and O–H groups in total. The second-order valence-electron chi connectivity index (χ2n) is 2.43. The van der Waals surface area contributed by atoms with Crippen LogP contribution in [0.15, 0.2) is 10.9 Å². The molecule has 12 heavy (non-hydrogen) atoms. The Morgan fingerprint density at radius 1 is 1.75 bits per heavy atom. The Labute approximate surface area is 69.6 Å². The van der Waals surface area contributed by atoms with E-state index in [4.69, 9.17) is 10.5 Å². The van der Waals surface area contributed by atoms with E-state index in [1.165, 1.54) is 13.2 Å². The van der Waals surface area contributed by atoms with Gasteiger partial charge in [-0.15, -0.1) is 0 Å². The molecule has 0 aliphatic carbocycles. The van der Waals surface area contributed by atoms with Gasteiger partial charge in [0.1, 0.15) is 17.7 Å². The molecule has 0 aliphatic heterocycles. The highest BCUT2D eigenvalue weighted by Gasteiger charge is 2.06. The van der Waals surface area contributed by atoms with Crippen LogP contribution in [0.1, 0.15) is 18.9 Å². The van der Waals surface area contributed by atoms with Crippen LogP contribution in [0, 0.1) is 0 Å². The molecule has 0 aromatic carbocycles. The molecule has 66 valence electrons. The standard InChI is InChI=1S/C7H11N3O2/c1-4(12-2)7-9-5(8)3-6(11)10-7/h3-4H,1-2H3,(H3,8,9,10,11). The Hall–Kier alpha value is -1.36. The molecule has 0 spiro atoms. The van der Waals surface area contributed by atoms with E-state index in [2.05, 4.69) is 9.97 Å². The maximum absolute atomic E-state index is 10.9. The van der Waals surface area contributed by atoms with Crippen molar-refractivity contribution >= 4 is 5.82 Å². The molecule has 1 aromatic rings. The predicted octanol–water partition coefficient (Wildman–Crippen LogP) is 0.0595. The monoisotopic (exact) mass is 169 g/mol. The fourth-order valence-corrected chi connectivity index (χ4v) is 0.800. The number of aromatic amines is 1. The zero-order chi connectivity index (χ0) is 9.14. The number of nitrogens with zero attached hydrogens (tertiary/aromatic N) is 1. The van der Waals surface area contributed by atoms with Crippen molar-refractivity contribution < 1.29 is 4.74 Å². The van der Waals surface area contributed by atoms with Crippen LogP contribution < -0.4 is 11.3 Å². The number of ether oxygens (including phenoxy) is 1. The first-order chi connectivity index (χ1) is 5.63. The normalized spacial score (nSPS) is 12.8. The summed E-state index contributed by atoms with van der Waals surface area (Å²) in [6.07, 6.45) is -0.249. The third-order valence-corrected chi connectivity index (χ3v) is 1.52. The average Bonchev–Trinajstić information content (AvgIpc) is 2.01. The number of rotatable bonds is 2. The Balaban J connectivity index is 3.08. The Bertz CT molecular complexity index is 321. The van der Waals surface area contributed by atoms with Crippen LogP contribution in [0.5, 0.6) is 0 Å². The number of anilines is 1. The van der Waals surface area contributed by atoms with Gasteiger partial charge in [-0.05, 0) is 6.92 Å². The minimum Gasteiger partial charge on any atom is -0.383 e. The van der Waals surface area contributed by atoms with Gasteiger partial charge in [0, 0.05) is 13.2 Å². The van der Waals surface area contributed by atoms with Crippen LogP contribution in [0.3, 0.4) is 0 Å². The SMILES string of the molecule is COC(C)c1nc(N)cc(=O)[nH]1. The van der Waals surface area contributed by atoms with Crippen molar-refractivity contribution in [3.8, 4) is 0 Å². The minimum atomic E-state index is -0.263. The van der Waals surface area contributed by atoms with Gasteiger partial charge in [-0.25, -0.2) is 4.98 Å². The fourth-order valence-electron chi connectivity index (χ4n) is 0.800. The Morgan fingerprint density at radius 2 is 2.42 bits per heavy atom. The van der Waals surface area contributed by atoms with Gasteiger partial charge in [-0.3, -0.25) is 4.79 Å². The van der Waals surface area contributed by atoms with Crippen LogP contribution in [0.25, 0.3) is 0 Å². The lowest BCUT2D eigenvalue weighted by molar-refractivity contribution is 0.112. The van der Waals surface area contributed by atoms with Gasteiger partial charge in [-0.2, -0.15) is 0 Å². The van der Waals surface area contributed by atoms with E-state index in [0.717, 1.165) is 0 Å². The molecule has 0 aliphatic rings. The molecule has 1 atom stereocenters. The van der Waals surface area contributed by atoms with E-state index in [1.807, 2.05) is 0 Å². The van der Waals surface area contributed by atoms with Gasteiger partial charge in [-0.1, -0.05) is 0 Å². The molecule has 0 radical (unpaired) electrons. The van der Waals surface area contributed by atoms with Gasteiger partial charge >= 0.3 is 0 Å². The lowest BCUT2D eigenvalue weighted by Gasteiger charge is -2.07. The smallest absolute Gasteiger partial charge is 0.253 e. The summed E-state index contributed by atoms with van der Waals surface area (Å²) in [6.45, 7) is 1.78. The molecule has 1 unspecified atom stereocenters. The van der Waals surface area contributed by atoms with E-state index in [9.17, 15) is 4.79 Å². The molecule has 1 aromatic heterocycles. The zero-order valence-electron chi connectivity index (χ0n) is 7.00. The molecular formula is C7H11N3O2. The van der Waals surface area contributed by atoms with Crippen molar-refractivity contribution in [3.05, 3.63) is 22.2 Å². The Kier molecular flexibility index (Phi) is 2.44. The maximum atomic E-state index is 10.9. The van der Waals surface area contributed by atoms with Crippen molar-refractivity contribution in [1.82, 2.24) is 9.97 Å². The van der Waals surface area contributed by atoms with Gasteiger partial charge < -0.3 is 15.5 Å². The maximum Gasteiger partial charge on any atom is 0.253 e. The van der Waals surface area contributed by atoms with Gasteiger partial charge in [0.05, 0.1) is 0 Å². The number of nitrogens with two attached hydrogens (primary N) is 1. The highest BCUT2D eigenvalue weighted by Crippen LogP contribution is 2.08. The molecule has 0 saturated heterocycles. The molecule has 0 saturated carbocycles. The molecule has 0 fully saturated rings. The lowest BCUT2D eigenvalue weighted by atomic mass is 10.4. The quantitative estimate of drug-likeness (QED) is 0.656. The summed E-state index contributed by atoms with van der Waals surface area (Å²) in [5.74, 6) is 0.653. The first-order valence-electron chi connectivity index (χ1n) is 3.53. The zero-order valence-corrected chi connectivity index (χ0v) is 7.00. The fraction of sp³-hybridized carbons (Fsp3) is 0.429. The molecule has 1 heterocycles. The average molecular weight is 169 g/mol. The topological polar surface area (TPSA) is 81.0 Å². The molecule has 5 heteroatoms. The highest BCUT2D eigenvalue weighted by molar-refractivity contribution is 5.25. The Morgan fingerprint density at radius 3 is 2.92 bits per heavy atom. The van der Waals surface area contributed by atoms with E-state index < -0.39 is 0 Å². The number of H-pyrrole nitrogens is 1. The van der Waals surface area contributed by atoms with Crippen LogP contribution >= 0.6 is 0 Å². The van der Waals surface area contributed by atoms with Gasteiger partial charge in [0.2, 0.25) is 0 Å². The van der Waals surface area contributed by atoms with Gasteiger partial charge in [0.25, 0.3) is 5.56 Å². The first-order valence-corrected chi connectivity index (χ1v) is 3.53. The lowest BCUT2D eigenvalue weighted by Crippen LogP contribution is -2.14. The van der Waals surface area contributed by atoms with E-state index >= 15 is 0 Å². The minimum absolute atomic E-state index is 0.206. The van der Waals surface area contributed by atoms with Gasteiger partial charge in [0.15, 0.2) is 0 Å². The third-order valence-electron chi connectivity index (χ3n) is 1.52. The number of hydrogen-bond acceptors (Lipinski definition) is 4. The van der Waals surface area contributed by atoms with Crippen molar-refractivity contribution in [3.63, 3.8) is 0 Å². The molecule has 1 rings (SSSR count). The summed E-state index contributed by atoms with van der Waals surface area (Å²) in [5.41, 5.74) is 5.10. The summed E-state index contributed by atoms with van der Waals surface area (Å²) in [4.78, 5) is 17.3. The molecule has 0 bridgehead atoms. The number of nitrogen functional groups attached to an aromatic ring is 1. The van der Waals surface area contributed by atoms with Crippen molar-refractivity contribution in [2.45, 2.75) is 13.0 Å². The molecule has 0 amide bonds. The number of aromatic nitrogens is 2. The van der Waals surface area contributed by atoms with Crippen LogP contribution in [-0.2, 0) is 4.74 Å². The molecular weight excluding hydrogens is 158 g/mol. The summed E-state index contributed by atoms with van der Waals surface area (Å²) in [7, 11) is 1.54. The van der Waals surface area contributed by atoms with Crippen LogP contribution in [0.4, 0.5) is 5.82 Å². The number of methoxy groups -OCH3 is 1. The summed E-state index contributed by atoms with van der Waals surface area (Å²) in [5, 5.41) is 0.